The van der Waals surface area contributed by atoms with E-state index in [0.29, 0.717) is 36.2 Å². The highest BCUT2D eigenvalue weighted by molar-refractivity contribution is 7.91. The molecular formula is C20H26N6O2S2. The Morgan fingerprint density at radius 3 is 2.33 bits per heavy atom. The Hall–Kier alpha value is -2.30. The SMILES string of the molecule is CCc1ccc(S(=O)(=O)N2CCN(c3cc(-n4cnc(C)c4C)nc(C)n3)CC2)s1. The van der Waals surface area contributed by atoms with Gasteiger partial charge in [-0.2, -0.15) is 4.31 Å². The fourth-order valence-corrected chi connectivity index (χ4v) is 6.40. The van der Waals surface area contributed by atoms with Crippen LogP contribution in [0.4, 0.5) is 5.82 Å². The van der Waals surface area contributed by atoms with Gasteiger partial charge < -0.3 is 4.90 Å². The first-order chi connectivity index (χ1) is 14.3. The van der Waals surface area contributed by atoms with Crippen molar-refractivity contribution in [1.82, 2.24) is 23.8 Å². The highest BCUT2D eigenvalue weighted by Crippen LogP contribution is 2.27. The average molecular weight is 447 g/mol. The van der Waals surface area contributed by atoms with Crippen molar-refractivity contribution >= 4 is 27.2 Å². The fourth-order valence-electron chi connectivity index (χ4n) is 3.52. The lowest BCUT2D eigenvalue weighted by molar-refractivity contribution is 0.384. The van der Waals surface area contributed by atoms with Gasteiger partial charge in [-0.15, -0.1) is 11.3 Å². The summed E-state index contributed by atoms with van der Waals surface area (Å²) < 4.78 is 29.9. The molecule has 0 aromatic carbocycles. The summed E-state index contributed by atoms with van der Waals surface area (Å²) in [5.74, 6) is 2.26. The van der Waals surface area contributed by atoms with E-state index in [1.54, 1.807) is 16.7 Å². The summed E-state index contributed by atoms with van der Waals surface area (Å²) in [4.78, 5) is 16.7. The number of hydrogen-bond acceptors (Lipinski definition) is 7. The summed E-state index contributed by atoms with van der Waals surface area (Å²) in [5, 5.41) is 0. The minimum absolute atomic E-state index is 0.430. The Labute approximate surface area is 181 Å². The fraction of sp³-hybridized carbons (Fsp3) is 0.450. The number of sulfonamides is 1. The molecule has 4 heterocycles. The molecule has 10 heteroatoms. The van der Waals surface area contributed by atoms with Crippen LogP contribution in [0.1, 0.15) is 29.0 Å². The van der Waals surface area contributed by atoms with E-state index >= 15 is 0 Å². The minimum Gasteiger partial charge on any atom is -0.354 e. The highest BCUT2D eigenvalue weighted by atomic mass is 32.2. The van der Waals surface area contributed by atoms with Gasteiger partial charge in [-0.25, -0.2) is 23.4 Å². The van der Waals surface area contributed by atoms with Crippen molar-refractivity contribution in [1.29, 1.82) is 0 Å². The van der Waals surface area contributed by atoms with Crippen LogP contribution in [-0.2, 0) is 16.4 Å². The number of piperazine rings is 1. The maximum atomic E-state index is 13.0. The third-order valence-corrected chi connectivity index (χ3v) is 9.05. The van der Waals surface area contributed by atoms with Crippen molar-refractivity contribution in [3.05, 3.63) is 46.6 Å². The zero-order valence-electron chi connectivity index (χ0n) is 17.7. The largest absolute Gasteiger partial charge is 0.354 e. The smallest absolute Gasteiger partial charge is 0.252 e. The summed E-state index contributed by atoms with van der Waals surface area (Å²) in [6.07, 6.45) is 2.62. The van der Waals surface area contributed by atoms with E-state index in [-0.39, 0.29) is 0 Å². The van der Waals surface area contributed by atoms with Crippen LogP contribution in [0.5, 0.6) is 0 Å². The van der Waals surface area contributed by atoms with E-state index in [1.807, 2.05) is 44.4 Å². The van der Waals surface area contributed by atoms with Gasteiger partial charge in [0.05, 0.1) is 5.69 Å². The maximum Gasteiger partial charge on any atom is 0.252 e. The van der Waals surface area contributed by atoms with E-state index in [1.165, 1.54) is 11.3 Å². The Morgan fingerprint density at radius 2 is 1.73 bits per heavy atom. The number of nitrogens with zero attached hydrogens (tertiary/aromatic N) is 6. The average Bonchev–Trinajstić information content (AvgIpc) is 3.35. The molecule has 1 saturated heterocycles. The molecule has 4 rings (SSSR count). The van der Waals surface area contributed by atoms with Crippen LogP contribution >= 0.6 is 11.3 Å². The van der Waals surface area contributed by atoms with E-state index in [9.17, 15) is 8.42 Å². The van der Waals surface area contributed by atoms with Crippen LogP contribution in [0, 0.1) is 20.8 Å². The molecule has 0 aliphatic carbocycles. The number of imidazole rings is 1. The number of anilines is 1. The van der Waals surface area contributed by atoms with Gasteiger partial charge in [0.15, 0.2) is 0 Å². The second kappa shape index (κ2) is 8.09. The van der Waals surface area contributed by atoms with Crippen molar-refractivity contribution in [2.24, 2.45) is 0 Å². The molecule has 3 aromatic heterocycles. The second-order valence-electron chi connectivity index (χ2n) is 7.38. The van der Waals surface area contributed by atoms with Crippen LogP contribution in [-0.4, -0.2) is 58.4 Å². The molecule has 0 amide bonds. The first-order valence-electron chi connectivity index (χ1n) is 10.00. The third-order valence-electron chi connectivity index (χ3n) is 5.45. The van der Waals surface area contributed by atoms with Gasteiger partial charge in [0.1, 0.15) is 28.0 Å². The molecule has 0 spiro atoms. The predicted octanol–water partition coefficient (Wildman–Crippen LogP) is 2.72. The van der Waals surface area contributed by atoms with Gasteiger partial charge in [-0.1, -0.05) is 6.92 Å². The van der Waals surface area contributed by atoms with Crippen molar-refractivity contribution < 1.29 is 8.42 Å². The van der Waals surface area contributed by atoms with Crippen molar-refractivity contribution in [2.75, 3.05) is 31.1 Å². The van der Waals surface area contributed by atoms with Crippen molar-refractivity contribution in [3.63, 3.8) is 0 Å². The first-order valence-corrected chi connectivity index (χ1v) is 12.3. The van der Waals surface area contributed by atoms with Crippen LogP contribution in [0.25, 0.3) is 5.82 Å². The van der Waals surface area contributed by atoms with Crippen molar-refractivity contribution in [2.45, 2.75) is 38.3 Å². The van der Waals surface area contributed by atoms with Gasteiger partial charge in [-0.3, -0.25) is 4.57 Å². The molecule has 0 bridgehead atoms. The number of rotatable bonds is 5. The summed E-state index contributed by atoms with van der Waals surface area (Å²) >= 11 is 1.36. The van der Waals surface area contributed by atoms with E-state index in [0.717, 1.165) is 34.3 Å². The normalized spacial score (nSPS) is 15.7. The van der Waals surface area contributed by atoms with E-state index in [2.05, 4.69) is 19.9 Å². The Morgan fingerprint density at radius 1 is 1.03 bits per heavy atom. The molecule has 0 unspecified atom stereocenters. The van der Waals surface area contributed by atoms with E-state index < -0.39 is 10.0 Å². The molecule has 1 fully saturated rings. The lowest BCUT2D eigenvalue weighted by Gasteiger charge is -2.34. The van der Waals surface area contributed by atoms with Crippen LogP contribution in [0.2, 0.25) is 0 Å². The summed E-state index contributed by atoms with van der Waals surface area (Å²) in [6.45, 7) is 9.92. The zero-order valence-corrected chi connectivity index (χ0v) is 19.3. The topological polar surface area (TPSA) is 84.2 Å². The second-order valence-corrected chi connectivity index (χ2v) is 10.7. The Bertz CT molecular complexity index is 1160. The maximum absolute atomic E-state index is 13.0. The number of thiophene rings is 1. The van der Waals surface area contributed by atoms with Gasteiger partial charge >= 0.3 is 0 Å². The molecule has 160 valence electrons. The molecule has 0 radical (unpaired) electrons. The molecule has 0 atom stereocenters. The minimum atomic E-state index is -3.44. The molecule has 1 aliphatic rings. The molecule has 0 N–H and O–H groups in total. The number of hydrogen-bond donors (Lipinski definition) is 0. The quantitative estimate of drug-likeness (QED) is 0.599. The van der Waals surface area contributed by atoms with Crippen LogP contribution in [0.15, 0.2) is 28.7 Å². The van der Waals surface area contributed by atoms with Gasteiger partial charge in [0.25, 0.3) is 10.0 Å². The molecule has 30 heavy (non-hydrogen) atoms. The first kappa shape index (κ1) is 21.0. The number of aryl methyl sites for hydroxylation is 3. The Balaban J connectivity index is 1.52. The lowest BCUT2D eigenvalue weighted by atomic mass is 10.3. The van der Waals surface area contributed by atoms with Crippen LogP contribution < -0.4 is 4.90 Å². The standard InChI is InChI=1S/C20H26N6O2S2/c1-5-17-6-7-20(29-17)30(27,28)25-10-8-24(9-11-25)18-12-19(23-16(4)22-18)26-13-21-14(2)15(26)3/h6-7,12-13H,5,8-11H2,1-4H3. The van der Waals surface area contributed by atoms with Crippen LogP contribution in [0.3, 0.4) is 0 Å². The van der Waals surface area contributed by atoms with Gasteiger partial charge in [0.2, 0.25) is 0 Å². The van der Waals surface area contributed by atoms with Gasteiger partial charge in [-0.05, 0) is 39.3 Å². The number of aromatic nitrogens is 4. The summed E-state index contributed by atoms with van der Waals surface area (Å²) in [6, 6.07) is 5.57. The molecule has 0 saturated carbocycles. The predicted molar refractivity (Wildman–Crippen MR) is 118 cm³/mol. The Kier molecular flexibility index (Phi) is 5.65. The summed E-state index contributed by atoms with van der Waals surface area (Å²) in [7, 11) is -3.44. The molecule has 8 nitrogen and oxygen atoms in total. The van der Waals surface area contributed by atoms with Crippen molar-refractivity contribution in [3.8, 4) is 5.82 Å². The molecule has 1 aliphatic heterocycles. The monoisotopic (exact) mass is 446 g/mol. The highest BCUT2D eigenvalue weighted by Gasteiger charge is 2.30. The molecular weight excluding hydrogens is 420 g/mol. The molecule has 3 aromatic rings. The van der Waals surface area contributed by atoms with E-state index in [4.69, 9.17) is 0 Å². The van der Waals surface area contributed by atoms with Gasteiger partial charge in [0, 0.05) is 42.8 Å². The lowest BCUT2D eigenvalue weighted by Crippen LogP contribution is -2.48. The zero-order chi connectivity index (χ0) is 21.5. The third kappa shape index (κ3) is 3.86. The summed E-state index contributed by atoms with van der Waals surface area (Å²) in [5.41, 5.74) is 2.00.